The quantitative estimate of drug-likeness (QED) is 0.198. The molecule has 2 aromatic heterocycles. The van der Waals surface area contributed by atoms with Crippen molar-refractivity contribution in [2.75, 3.05) is 0 Å². The van der Waals surface area contributed by atoms with Crippen LogP contribution in [-0.4, -0.2) is 9.13 Å². The highest BCUT2D eigenvalue weighted by Crippen LogP contribution is 2.38. The smallest absolute Gasteiger partial charge is 0.0998 e. The molecule has 1 aliphatic carbocycles. The fourth-order valence-corrected chi connectivity index (χ4v) is 7.34. The van der Waals surface area contributed by atoms with Gasteiger partial charge < -0.3 is 9.13 Å². The molecular formula is C44H29N3. The molecule has 0 aliphatic heterocycles. The van der Waals surface area contributed by atoms with Crippen molar-refractivity contribution >= 4 is 38.8 Å². The lowest BCUT2D eigenvalue weighted by Gasteiger charge is -2.16. The summed E-state index contributed by atoms with van der Waals surface area (Å²) in [5.41, 5.74) is 13.2. The lowest BCUT2D eigenvalue weighted by molar-refractivity contribution is 1.00. The van der Waals surface area contributed by atoms with Crippen LogP contribution in [0, 0.1) is 11.3 Å². The summed E-state index contributed by atoms with van der Waals surface area (Å²) in [4.78, 5) is 0. The van der Waals surface area contributed by atoms with Gasteiger partial charge in [-0.1, -0.05) is 121 Å². The third-order valence-electron chi connectivity index (χ3n) is 9.45. The highest BCUT2D eigenvalue weighted by Gasteiger charge is 2.19. The maximum atomic E-state index is 10.2. The lowest BCUT2D eigenvalue weighted by atomic mass is 9.96. The van der Waals surface area contributed by atoms with Crippen LogP contribution in [-0.2, 0) is 6.42 Å². The van der Waals surface area contributed by atoms with Gasteiger partial charge >= 0.3 is 0 Å². The number of hydrogen-bond donors (Lipinski definition) is 0. The van der Waals surface area contributed by atoms with Crippen LogP contribution in [0.25, 0.3) is 72.4 Å². The van der Waals surface area contributed by atoms with Gasteiger partial charge in [-0.2, -0.15) is 5.26 Å². The van der Waals surface area contributed by atoms with E-state index in [0.29, 0.717) is 5.56 Å². The second kappa shape index (κ2) is 10.9. The van der Waals surface area contributed by atoms with Crippen LogP contribution in [0.15, 0.2) is 158 Å². The standard InChI is InChI=1S/C44H29N3/c45-29-32-26-27-33(46-41-19-9-5-14-35(41)36-15-6-10-20-42(36)46)28-39(32)31-24-22-30(23-25-31)34-12-4-8-18-40(34)47-43-17-3-1-2-13-37(43)38-16-7-11-21-44(38)47/h1-16,18-28H,17H2. The zero-order chi connectivity index (χ0) is 31.3. The van der Waals surface area contributed by atoms with Crippen molar-refractivity contribution in [1.82, 2.24) is 9.13 Å². The van der Waals surface area contributed by atoms with E-state index in [1.54, 1.807) is 0 Å². The van der Waals surface area contributed by atoms with E-state index in [2.05, 4.69) is 173 Å². The number of hydrogen-bond acceptors (Lipinski definition) is 1. The molecule has 9 rings (SSSR count). The number of rotatable bonds is 4. The van der Waals surface area contributed by atoms with Gasteiger partial charge in [0.1, 0.15) is 0 Å². The second-order valence-corrected chi connectivity index (χ2v) is 12.0. The highest BCUT2D eigenvalue weighted by atomic mass is 15.0. The summed E-state index contributed by atoms with van der Waals surface area (Å²) >= 11 is 0. The van der Waals surface area contributed by atoms with Crippen LogP contribution in [0.3, 0.4) is 0 Å². The molecule has 0 spiro atoms. The summed E-state index contributed by atoms with van der Waals surface area (Å²) in [7, 11) is 0. The predicted molar refractivity (Wildman–Crippen MR) is 195 cm³/mol. The molecule has 8 aromatic rings. The van der Waals surface area contributed by atoms with E-state index in [0.717, 1.165) is 45.5 Å². The first-order valence-electron chi connectivity index (χ1n) is 16.0. The Balaban J connectivity index is 1.17. The topological polar surface area (TPSA) is 33.6 Å². The van der Waals surface area contributed by atoms with Gasteiger partial charge in [0.25, 0.3) is 0 Å². The molecule has 0 atom stereocenters. The van der Waals surface area contributed by atoms with E-state index in [1.807, 2.05) is 6.07 Å². The number of benzene rings is 6. The number of para-hydroxylation sites is 4. The summed E-state index contributed by atoms with van der Waals surface area (Å²) in [6.45, 7) is 0. The molecule has 1 aliphatic rings. The molecule has 0 amide bonds. The van der Waals surface area contributed by atoms with E-state index in [9.17, 15) is 5.26 Å². The zero-order valence-corrected chi connectivity index (χ0v) is 25.6. The van der Waals surface area contributed by atoms with Crippen LogP contribution < -0.4 is 0 Å². The number of nitriles is 1. The van der Waals surface area contributed by atoms with Crippen molar-refractivity contribution in [3.63, 3.8) is 0 Å². The fourth-order valence-electron chi connectivity index (χ4n) is 7.34. The Hall–Kier alpha value is -6.37. The molecule has 2 heterocycles. The van der Waals surface area contributed by atoms with Crippen molar-refractivity contribution < 1.29 is 0 Å². The van der Waals surface area contributed by atoms with Gasteiger partial charge in [0.05, 0.1) is 33.9 Å². The normalized spacial score (nSPS) is 12.4. The predicted octanol–water partition coefficient (Wildman–Crippen LogP) is 11.1. The third-order valence-corrected chi connectivity index (χ3v) is 9.45. The van der Waals surface area contributed by atoms with Crippen LogP contribution in [0.5, 0.6) is 0 Å². The Bertz CT molecular complexity index is 2550. The molecule has 47 heavy (non-hydrogen) atoms. The minimum atomic E-state index is 0.658. The zero-order valence-electron chi connectivity index (χ0n) is 25.6. The molecule has 6 aromatic carbocycles. The fraction of sp³-hybridized carbons (Fsp3) is 0.0227. The van der Waals surface area contributed by atoms with Crippen molar-refractivity contribution in [2.24, 2.45) is 0 Å². The molecule has 0 saturated carbocycles. The first-order chi connectivity index (χ1) is 23.3. The molecule has 0 fully saturated rings. The average Bonchev–Trinajstić information content (AvgIpc) is 3.52. The average molecular weight is 600 g/mol. The monoisotopic (exact) mass is 599 g/mol. The van der Waals surface area contributed by atoms with Gasteiger partial charge in [-0.25, -0.2) is 0 Å². The van der Waals surface area contributed by atoms with Gasteiger partial charge in [-0.15, -0.1) is 0 Å². The minimum Gasteiger partial charge on any atom is -0.312 e. The maximum absolute atomic E-state index is 10.2. The summed E-state index contributed by atoms with van der Waals surface area (Å²) in [6, 6.07) is 51.6. The SMILES string of the molecule is N#Cc1ccc(-n2c3ccccc3c3ccccc32)cc1-c1ccc(-c2ccccc2-n2c3c(c4ccccc42)C=CC=CC3)cc1. The van der Waals surface area contributed by atoms with Crippen molar-refractivity contribution in [2.45, 2.75) is 6.42 Å². The van der Waals surface area contributed by atoms with Gasteiger partial charge in [0.15, 0.2) is 0 Å². The van der Waals surface area contributed by atoms with Crippen LogP contribution in [0.4, 0.5) is 0 Å². The van der Waals surface area contributed by atoms with Crippen LogP contribution in [0.1, 0.15) is 16.8 Å². The molecular weight excluding hydrogens is 571 g/mol. The highest BCUT2D eigenvalue weighted by molar-refractivity contribution is 6.09. The van der Waals surface area contributed by atoms with Crippen LogP contribution in [0.2, 0.25) is 0 Å². The Morgan fingerprint density at radius 2 is 1.13 bits per heavy atom. The van der Waals surface area contributed by atoms with Crippen molar-refractivity contribution in [3.8, 4) is 39.7 Å². The summed E-state index contributed by atoms with van der Waals surface area (Å²) in [5, 5.41) is 13.9. The number of aromatic nitrogens is 2. The Kier molecular flexibility index (Phi) is 6.26. The van der Waals surface area contributed by atoms with Gasteiger partial charge in [-0.3, -0.25) is 0 Å². The Labute approximate surface area is 273 Å². The summed E-state index contributed by atoms with van der Waals surface area (Å²) in [6.07, 6.45) is 9.60. The van der Waals surface area contributed by atoms with Gasteiger partial charge in [-0.05, 0) is 53.6 Å². The summed E-state index contributed by atoms with van der Waals surface area (Å²) < 4.78 is 4.73. The van der Waals surface area contributed by atoms with Crippen LogP contribution >= 0.6 is 0 Å². The van der Waals surface area contributed by atoms with E-state index >= 15 is 0 Å². The second-order valence-electron chi connectivity index (χ2n) is 12.0. The van der Waals surface area contributed by atoms with Crippen molar-refractivity contribution in [3.05, 3.63) is 175 Å². The van der Waals surface area contributed by atoms with Gasteiger partial charge in [0, 0.05) is 50.7 Å². The van der Waals surface area contributed by atoms with E-state index in [1.165, 1.54) is 38.5 Å². The third kappa shape index (κ3) is 4.27. The molecule has 220 valence electrons. The lowest BCUT2D eigenvalue weighted by Crippen LogP contribution is -2.02. The molecule has 0 radical (unpaired) electrons. The Morgan fingerprint density at radius 1 is 0.532 bits per heavy atom. The first kappa shape index (κ1) is 27.0. The number of allylic oxidation sites excluding steroid dienone is 3. The van der Waals surface area contributed by atoms with E-state index in [-0.39, 0.29) is 0 Å². The molecule has 3 nitrogen and oxygen atoms in total. The number of fused-ring (bicyclic) bond motifs is 6. The molecule has 0 saturated heterocycles. The number of nitrogens with zero attached hydrogens (tertiary/aromatic N) is 3. The van der Waals surface area contributed by atoms with Gasteiger partial charge in [0.2, 0.25) is 0 Å². The largest absolute Gasteiger partial charge is 0.312 e. The summed E-state index contributed by atoms with van der Waals surface area (Å²) in [5.74, 6) is 0. The Morgan fingerprint density at radius 3 is 1.83 bits per heavy atom. The molecule has 0 bridgehead atoms. The molecule has 0 unspecified atom stereocenters. The minimum absolute atomic E-state index is 0.658. The van der Waals surface area contributed by atoms with E-state index < -0.39 is 0 Å². The maximum Gasteiger partial charge on any atom is 0.0998 e. The first-order valence-corrected chi connectivity index (χ1v) is 16.0. The van der Waals surface area contributed by atoms with E-state index in [4.69, 9.17) is 0 Å². The molecule has 0 N–H and O–H groups in total. The molecule has 3 heteroatoms. The van der Waals surface area contributed by atoms with Crippen molar-refractivity contribution in [1.29, 1.82) is 5.26 Å².